The van der Waals surface area contributed by atoms with Crippen molar-refractivity contribution in [2.45, 2.75) is 6.54 Å². The predicted octanol–water partition coefficient (Wildman–Crippen LogP) is 1.74. The Bertz CT molecular complexity index is 716. The van der Waals surface area contributed by atoms with Crippen molar-refractivity contribution in [3.05, 3.63) is 53.4 Å². The van der Waals surface area contributed by atoms with Crippen LogP contribution < -0.4 is 16.1 Å². The summed E-state index contributed by atoms with van der Waals surface area (Å²) >= 11 is 5.75. The van der Waals surface area contributed by atoms with Crippen LogP contribution >= 0.6 is 11.6 Å². The lowest BCUT2D eigenvalue weighted by molar-refractivity contribution is -0.141. The molecule has 3 N–H and O–H groups in total. The van der Waals surface area contributed by atoms with Crippen LogP contribution in [0.1, 0.15) is 5.76 Å². The van der Waals surface area contributed by atoms with E-state index in [2.05, 4.69) is 16.1 Å². The lowest BCUT2D eigenvalue weighted by Crippen LogP contribution is -2.50. The molecule has 0 saturated heterocycles. The van der Waals surface area contributed by atoms with Gasteiger partial charge in [0.25, 0.3) is 0 Å². The number of carbonyl (C=O) groups excluding carboxylic acids is 3. The van der Waals surface area contributed by atoms with E-state index in [0.717, 1.165) is 5.01 Å². The van der Waals surface area contributed by atoms with Crippen molar-refractivity contribution in [3.8, 4) is 0 Å². The van der Waals surface area contributed by atoms with E-state index in [4.69, 9.17) is 16.0 Å². The summed E-state index contributed by atoms with van der Waals surface area (Å²) in [5.41, 5.74) is 2.65. The molecule has 0 unspecified atom stereocenters. The molecule has 1 heterocycles. The summed E-state index contributed by atoms with van der Waals surface area (Å²) in [6.07, 6.45) is 1.45. The van der Waals surface area contributed by atoms with E-state index >= 15 is 0 Å². The number of furan rings is 1. The molecule has 0 bridgehead atoms. The van der Waals surface area contributed by atoms with Crippen molar-refractivity contribution >= 4 is 35.1 Å². The van der Waals surface area contributed by atoms with E-state index in [0.29, 0.717) is 16.5 Å². The summed E-state index contributed by atoms with van der Waals surface area (Å²) < 4.78 is 5.03. The highest BCUT2D eigenvalue weighted by molar-refractivity contribution is 6.35. The van der Waals surface area contributed by atoms with Crippen LogP contribution in [0, 0.1) is 0 Å². The molecule has 0 aliphatic heterocycles. The summed E-state index contributed by atoms with van der Waals surface area (Å²) in [7, 11) is 1.31. The molecule has 0 fully saturated rings. The molecule has 4 amide bonds. The van der Waals surface area contributed by atoms with E-state index in [-0.39, 0.29) is 6.54 Å². The van der Waals surface area contributed by atoms with Crippen molar-refractivity contribution in [2.24, 2.45) is 0 Å². The van der Waals surface area contributed by atoms with E-state index in [1.807, 2.05) is 0 Å². The number of carbonyl (C=O) groups is 3. The zero-order chi connectivity index (χ0) is 17.5. The number of benzene rings is 1. The zero-order valence-corrected chi connectivity index (χ0v) is 13.5. The number of nitrogens with zero attached hydrogens (tertiary/aromatic N) is 1. The molecule has 0 aliphatic rings. The number of hydrazine groups is 1. The summed E-state index contributed by atoms with van der Waals surface area (Å²) in [4.78, 5) is 35.3. The first-order valence-corrected chi connectivity index (χ1v) is 7.25. The number of hydrogen-bond donors (Lipinski definition) is 3. The van der Waals surface area contributed by atoms with Crippen molar-refractivity contribution in [3.63, 3.8) is 0 Å². The Hall–Kier alpha value is -3.00. The van der Waals surface area contributed by atoms with Gasteiger partial charge < -0.3 is 15.1 Å². The zero-order valence-electron chi connectivity index (χ0n) is 12.7. The first kappa shape index (κ1) is 17.4. The molecule has 8 nitrogen and oxygen atoms in total. The average molecular weight is 351 g/mol. The Balaban J connectivity index is 1.80. The summed E-state index contributed by atoms with van der Waals surface area (Å²) in [6.45, 7) is 0.0694. The van der Waals surface area contributed by atoms with Crippen LogP contribution in [0.4, 0.5) is 10.5 Å². The lowest BCUT2D eigenvalue weighted by atomic mass is 10.3. The fourth-order valence-electron chi connectivity index (χ4n) is 1.66. The average Bonchev–Trinajstić information content (AvgIpc) is 3.08. The van der Waals surface area contributed by atoms with Gasteiger partial charge in [0.15, 0.2) is 0 Å². The van der Waals surface area contributed by atoms with Crippen molar-refractivity contribution in [1.82, 2.24) is 15.8 Å². The Morgan fingerprint density at radius 3 is 2.46 bits per heavy atom. The topological polar surface area (TPSA) is 104 Å². The van der Waals surface area contributed by atoms with Gasteiger partial charge in [0.1, 0.15) is 5.76 Å². The molecule has 0 spiro atoms. The molecule has 2 rings (SSSR count). The van der Waals surface area contributed by atoms with Gasteiger partial charge in [0.2, 0.25) is 0 Å². The molecular weight excluding hydrogens is 336 g/mol. The second-order valence-corrected chi connectivity index (χ2v) is 5.14. The third kappa shape index (κ3) is 5.03. The smallest absolute Gasteiger partial charge is 0.340 e. The van der Waals surface area contributed by atoms with Crippen LogP contribution in [-0.4, -0.2) is 29.9 Å². The number of nitrogens with one attached hydrogen (secondary N) is 3. The minimum Gasteiger partial charge on any atom is -0.467 e. The monoisotopic (exact) mass is 350 g/mol. The van der Waals surface area contributed by atoms with Gasteiger partial charge in [-0.3, -0.25) is 15.0 Å². The molecule has 0 radical (unpaired) electrons. The first-order chi connectivity index (χ1) is 11.5. The molecule has 9 heteroatoms. The van der Waals surface area contributed by atoms with Crippen molar-refractivity contribution < 1.29 is 18.8 Å². The Kier molecular flexibility index (Phi) is 5.80. The Labute approximate surface area is 142 Å². The van der Waals surface area contributed by atoms with Crippen molar-refractivity contribution in [2.75, 3.05) is 12.4 Å². The largest absolute Gasteiger partial charge is 0.467 e. The van der Waals surface area contributed by atoms with Gasteiger partial charge in [0, 0.05) is 17.8 Å². The Morgan fingerprint density at radius 1 is 1.12 bits per heavy atom. The normalized spacial score (nSPS) is 9.92. The number of rotatable bonds is 3. The number of amides is 4. The molecule has 24 heavy (non-hydrogen) atoms. The predicted molar refractivity (Wildman–Crippen MR) is 86.9 cm³/mol. The fourth-order valence-corrected chi connectivity index (χ4v) is 1.78. The van der Waals surface area contributed by atoms with E-state index in [1.165, 1.54) is 13.3 Å². The first-order valence-electron chi connectivity index (χ1n) is 6.87. The third-order valence-electron chi connectivity index (χ3n) is 2.88. The van der Waals surface area contributed by atoms with Gasteiger partial charge in [-0.15, -0.1) is 0 Å². The lowest BCUT2D eigenvalue weighted by Gasteiger charge is -2.18. The fraction of sp³-hybridized carbons (Fsp3) is 0.133. The van der Waals surface area contributed by atoms with E-state index in [9.17, 15) is 14.4 Å². The summed E-state index contributed by atoms with van der Waals surface area (Å²) in [5, 5.41) is 6.30. The van der Waals surface area contributed by atoms with Crippen LogP contribution in [0.25, 0.3) is 0 Å². The summed E-state index contributed by atoms with van der Waals surface area (Å²) in [6, 6.07) is 9.12. The molecule has 0 aliphatic carbocycles. The molecule has 126 valence electrons. The van der Waals surface area contributed by atoms with Crippen molar-refractivity contribution in [1.29, 1.82) is 0 Å². The van der Waals surface area contributed by atoms with Crippen LogP contribution in [0.5, 0.6) is 0 Å². The van der Waals surface area contributed by atoms with Gasteiger partial charge in [-0.05, 0) is 36.4 Å². The van der Waals surface area contributed by atoms with E-state index in [1.54, 1.807) is 36.4 Å². The SMILES string of the molecule is CN(NC(=O)C(=O)NCc1ccco1)C(=O)Nc1ccc(Cl)cc1. The highest BCUT2D eigenvalue weighted by Gasteiger charge is 2.18. The molecule has 2 aromatic rings. The maximum atomic E-state index is 11.9. The molecule has 0 saturated carbocycles. The van der Waals surface area contributed by atoms with Gasteiger partial charge in [-0.1, -0.05) is 11.6 Å². The Morgan fingerprint density at radius 2 is 1.83 bits per heavy atom. The summed E-state index contributed by atoms with van der Waals surface area (Å²) in [5.74, 6) is -1.36. The minimum atomic E-state index is -0.977. The molecular formula is C15H15ClN4O4. The highest BCUT2D eigenvalue weighted by Crippen LogP contribution is 2.13. The number of hydrogen-bond acceptors (Lipinski definition) is 4. The third-order valence-corrected chi connectivity index (χ3v) is 3.13. The quantitative estimate of drug-likeness (QED) is 0.579. The second-order valence-electron chi connectivity index (χ2n) is 4.70. The maximum Gasteiger partial charge on any atom is 0.340 e. The van der Waals surface area contributed by atoms with Crippen LogP contribution in [0.2, 0.25) is 5.02 Å². The van der Waals surface area contributed by atoms with Crippen LogP contribution in [-0.2, 0) is 16.1 Å². The number of halogens is 1. The minimum absolute atomic E-state index is 0.0694. The van der Waals surface area contributed by atoms with Crippen LogP contribution in [0.3, 0.4) is 0 Å². The number of urea groups is 1. The molecule has 1 aromatic carbocycles. The van der Waals surface area contributed by atoms with Gasteiger partial charge >= 0.3 is 17.8 Å². The van der Waals surface area contributed by atoms with Gasteiger partial charge in [0.05, 0.1) is 12.8 Å². The molecule has 0 atom stereocenters. The molecule has 1 aromatic heterocycles. The van der Waals surface area contributed by atoms with Gasteiger partial charge in [-0.2, -0.15) is 0 Å². The van der Waals surface area contributed by atoms with E-state index < -0.39 is 17.8 Å². The highest BCUT2D eigenvalue weighted by atomic mass is 35.5. The second kappa shape index (κ2) is 8.02. The number of anilines is 1. The standard InChI is InChI=1S/C15H15ClN4O4/c1-20(15(23)18-11-6-4-10(16)5-7-11)19-14(22)13(21)17-9-12-3-2-8-24-12/h2-8H,9H2,1H3,(H,17,21)(H,18,23)(H,19,22). The maximum absolute atomic E-state index is 11.9. The van der Waals surface area contributed by atoms with Gasteiger partial charge in [-0.25, -0.2) is 9.80 Å². The van der Waals surface area contributed by atoms with Crippen LogP contribution in [0.15, 0.2) is 47.1 Å².